The van der Waals surface area contributed by atoms with E-state index in [1.807, 2.05) is 25.1 Å². The standard InChI is InChI=1S/C18H16BrN5O3/c1-2-27-15-6-4-3-5-14(15)23-18-16(24(25)26)17(20-11-21-18)22-13-9-7-12(19)8-10-13/h3-11H,2H2,1H3,(H2,20,21,22,23). The first-order chi connectivity index (χ1) is 13.1. The molecule has 0 radical (unpaired) electrons. The summed E-state index contributed by atoms with van der Waals surface area (Å²) in [6, 6.07) is 14.4. The van der Waals surface area contributed by atoms with Gasteiger partial charge in [0.05, 0.1) is 17.2 Å². The predicted octanol–water partition coefficient (Wildman–Crippen LogP) is 5.03. The van der Waals surface area contributed by atoms with Crippen molar-refractivity contribution in [2.45, 2.75) is 6.92 Å². The normalized spacial score (nSPS) is 10.3. The summed E-state index contributed by atoms with van der Waals surface area (Å²) in [7, 11) is 0. The number of nitrogens with zero attached hydrogens (tertiary/aromatic N) is 3. The molecule has 2 aromatic carbocycles. The van der Waals surface area contributed by atoms with Crippen molar-refractivity contribution in [1.29, 1.82) is 0 Å². The zero-order valence-electron chi connectivity index (χ0n) is 14.3. The molecular weight excluding hydrogens is 414 g/mol. The van der Waals surface area contributed by atoms with Gasteiger partial charge in [-0.3, -0.25) is 10.1 Å². The van der Waals surface area contributed by atoms with Crippen LogP contribution in [0, 0.1) is 10.1 Å². The van der Waals surface area contributed by atoms with Crippen LogP contribution in [-0.2, 0) is 0 Å². The van der Waals surface area contributed by atoms with Crippen LogP contribution < -0.4 is 15.4 Å². The zero-order valence-corrected chi connectivity index (χ0v) is 15.9. The molecule has 0 aliphatic rings. The molecule has 0 bridgehead atoms. The number of para-hydroxylation sites is 2. The fourth-order valence-corrected chi connectivity index (χ4v) is 2.65. The molecule has 0 spiro atoms. The largest absolute Gasteiger partial charge is 0.492 e. The Bertz CT molecular complexity index is 950. The van der Waals surface area contributed by atoms with Crippen LogP contribution >= 0.6 is 15.9 Å². The minimum absolute atomic E-state index is 0.0711. The van der Waals surface area contributed by atoms with Gasteiger partial charge < -0.3 is 15.4 Å². The van der Waals surface area contributed by atoms with Crippen molar-refractivity contribution >= 4 is 44.6 Å². The third kappa shape index (κ3) is 4.50. The van der Waals surface area contributed by atoms with E-state index in [9.17, 15) is 10.1 Å². The summed E-state index contributed by atoms with van der Waals surface area (Å²) in [5.41, 5.74) is 0.989. The van der Waals surface area contributed by atoms with Gasteiger partial charge in [0, 0.05) is 10.2 Å². The Morgan fingerprint density at radius 3 is 2.41 bits per heavy atom. The topological polar surface area (TPSA) is 102 Å². The fraction of sp³-hybridized carbons (Fsp3) is 0.111. The number of nitro groups is 1. The molecule has 0 aliphatic carbocycles. The van der Waals surface area contributed by atoms with E-state index >= 15 is 0 Å². The minimum Gasteiger partial charge on any atom is -0.492 e. The zero-order chi connectivity index (χ0) is 19.2. The minimum atomic E-state index is -0.521. The first kappa shape index (κ1) is 18.6. The first-order valence-corrected chi connectivity index (χ1v) is 8.88. The van der Waals surface area contributed by atoms with E-state index < -0.39 is 4.92 Å². The van der Waals surface area contributed by atoms with Gasteiger partial charge in [-0.1, -0.05) is 28.1 Å². The highest BCUT2D eigenvalue weighted by Crippen LogP contribution is 2.35. The summed E-state index contributed by atoms with van der Waals surface area (Å²) in [5, 5.41) is 17.6. The van der Waals surface area contributed by atoms with E-state index in [1.54, 1.807) is 30.3 Å². The number of hydrogen-bond donors (Lipinski definition) is 2. The van der Waals surface area contributed by atoms with Crippen molar-refractivity contribution in [3.8, 4) is 5.75 Å². The van der Waals surface area contributed by atoms with Gasteiger partial charge in [-0.25, -0.2) is 9.97 Å². The fourth-order valence-electron chi connectivity index (χ4n) is 2.38. The van der Waals surface area contributed by atoms with E-state index in [4.69, 9.17) is 4.74 Å². The SMILES string of the molecule is CCOc1ccccc1Nc1ncnc(Nc2ccc(Br)cc2)c1[N+](=O)[O-]. The quantitative estimate of drug-likeness (QED) is 0.400. The Kier molecular flexibility index (Phi) is 5.82. The molecule has 1 aromatic heterocycles. The van der Waals surface area contributed by atoms with Crippen molar-refractivity contribution in [1.82, 2.24) is 9.97 Å². The van der Waals surface area contributed by atoms with E-state index in [0.717, 1.165) is 4.47 Å². The lowest BCUT2D eigenvalue weighted by Gasteiger charge is -2.13. The molecule has 2 N–H and O–H groups in total. The van der Waals surface area contributed by atoms with Crippen LogP contribution in [0.5, 0.6) is 5.75 Å². The highest BCUT2D eigenvalue weighted by atomic mass is 79.9. The average molecular weight is 430 g/mol. The van der Waals surface area contributed by atoms with Crippen molar-refractivity contribution in [3.05, 3.63) is 69.4 Å². The summed E-state index contributed by atoms with van der Waals surface area (Å²) in [4.78, 5) is 19.3. The maximum atomic E-state index is 11.7. The molecule has 0 amide bonds. The molecule has 9 heteroatoms. The predicted molar refractivity (Wildman–Crippen MR) is 107 cm³/mol. The molecular formula is C18H16BrN5O3. The Morgan fingerprint density at radius 2 is 1.74 bits per heavy atom. The molecule has 138 valence electrons. The molecule has 8 nitrogen and oxygen atoms in total. The summed E-state index contributed by atoms with van der Waals surface area (Å²) < 4.78 is 6.45. The maximum absolute atomic E-state index is 11.7. The number of halogens is 1. The van der Waals surface area contributed by atoms with Crippen molar-refractivity contribution in [2.24, 2.45) is 0 Å². The van der Waals surface area contributed by atoms with E-state index in [1.165, 1.54) is 6.33 Å². The van der Waals surface area contributed by atoms with E-state index in [2.05, 4.69) is 36.5 Å². The third-order valence-electron chi connectivity index (χ3n) is 3.55. The van der Waals surface area contributed by atoms with Gasteiger partial charge in [0.2, 0.25) is 11.6 Å². The first-order valence-electron chi connectivity index (χ1n) is 8.09. The monoisotopic (exact) mass is 429 g/mol. The smallest absolute Gasteiger partial charge is 0.353 e. The lowest BCUT2D eigenvalue weighted by molar-refractivity contribution is -0.383. The number of hydrogen-bond acceptors (Lipinski definition) is 7. The number of aromatic nitrogens is 2. The number of rotatable bonds is 7. The van der Waals surface area contributed by atoms with Crippen molar-refractivity contribution in [3.63, 3.8) is 0 Å². The summed E-state index contributed by atoms with van der Waals surface area (Å²) in [6.45, 7) is 2.34. The highest BCUT2D eigenvalue weighted by Gasteiger charge is 2.24. The number of ether oxygens (including phenoxy) is 1. The molecule has 1 heterocycles. The van der Waals surface area contributed by atoms with Crippen LogP contribution in [0.15, 0.2) is 59.3 Å². The molecule has 0 aliphatic heterocycles. The molecule has 3 aromatic rings. The molecule has 0 saturated carbocycles. The second-order valence-electron chi connectivity index (χ2n) is 5.36. The molecule has 0 unspecified atom stereocenters. The van der Waals surface area contributed by atoms with E-state index in [-0.39, 0.29) is 17.3 Å². The van der Waals surface area contributed by atoms with Gasteiger partial charge in [-0.05, 0) is 43.3 Å². The number of nitrogens with one attached hydrogen (secondary N) is 2. The van der Waals surface area contributed by atoms with Gasteiger partial charge in [-0.15, -0.1) is 0 Å². The van der Waals surface area contributed by atoms with Crippen LogP contribution in [0.25, 0.3) is 0 Å². The third-order valence-corrected chi connectivity index (χ3v) is 4.08. The molecule has 0 saturated heterocycles. The Balaban J connectivity index is 1.97. The van der Waals surface area contributed by atoms with Gasteiger partial charge >= 0.3 is 5.69 Å². The Labute approximate surface area is 163 Å². The highest BCUT2D eigenvalue weighted by molar-refractivity contribution is 9.10. The number of anilines is 4. The van der Waals surface area contributed by atoms with Crippen LogP contribution in [0.4, 0.5) is 28.7 Å². The van der Waals surface area contributed by atoms with Crippen molar-refractivity contribution in [2.75, 3.05) is 17.2 Å². The van der Waals surface area contributed by atoms with Crippen LogP contribution in [-0.4, -0.2) is 21.5 Å². The molecule has 0 atom stereocenters. The van der Waals surface area contributed by atoms with Gasteiger partial charge in [0.25, 0.3) is 0 Å². The van der Waals surface area contributed by atoms with Crippen LogP contribution in [0.3, 0.4) is 0 Å². The maximum Gasteiger partial charge on any atom is 0.353 e. The Morgan fingerprint density at radius 1 is 1.07 bits per heavy atom. The average Bonchev–Trinajstić information content (AvgIpc) is 2.65. The summed E-state index contributed by atoms with van der Waals surface area (Å²) >= 11 is 3.35. The van der Waals surface area contributed by atoms with E-state index in [0.29, 0.717) is 23.7 Å². The summed E-state index contributed by atoms with van der Waals surface area (Å²) in [6.07, 6.45) is 1.26. The second kappa shape index (κ2) is 8.45. The molecule has 27 heavy (non-hydrogen) atoms. The van der Waals surface area contributed by atoms with Crippen molar-refractivity contribution < 1.29 is 9.66 Å². The van der Waals surface area contributed by atoms with Gasteiger partial charge in [0.15, 0.2) is 0 Å². The van der Waals surface area contributed by atoms with Gasteiger partial charge in [-0.2, -0.15) is 0 Å². The Hall–Kier alpha value is -3.20. The lowest BCUT2D eigenvalue weighted by atomic mass is 10.2. The van der Waals surface area contributed by atoms with Crippen LogP contribution in [0.1, 0.15) is 6.92 Å². The van der Waals surface area contributed by atoms with Crippen LogP contribution in [0.2, 0.25) is 0 Å². The lowest BCUT2D eigenvalue weighted by Crippen LogP contribution is -2.06. The number of benzene rings is 2. The molecule has 0 fully saturated rings. The second-order valence-corrected chi connectivity index (χ2v) is 6.28. The summed E-state index contributed by atoms with van der Waals surface area (Å²) in [5.74, 6) is 0.741. The van der Waals surface area contributed by atoms with Gasteiger partial charge in [0.1, 0.15) is 12.1 Å². The molecule has 3 rings (SSSR count).